The van der Waals surface area contributed by atoms with Gasteiger partial charge < -0.3 is 0 Å². The SMILES string of the molecule is BC(/C=N\C(C)C)=C/C. The standard InChI is InChI=1S/C7H14BN/c1-4-7(8)5-9-6(2)3/h4-6H,8H2,1-3H3/b7-4+,9-5-. The van der Waals surface area contributed by atoms with E-state index in [1.54, 1.807) is 0 Å². The number of hydrogen-bond donors (Lipinski definition) is 0. The molecule has 0 spiro atoms. The van der Waals surface area contributed by atoms with E-state index < -0.39 is 0 Å². The minimum Gasteiger partial charge on any atom is -0.291 e. The Labute approximate surface area is 58.3 Å². The molecule has 0 radical (unpaired) electrons. The molecule has 0 aromatic rings. The molecule has 0 aliphatic carbocycles. The first-order chi connectivity index (χ1) is 4.16. The third-order valence-corrected chi connectivity index (χ3v) is 1.03. The summed E-state index contributed by atoms with van der Waals surface area (Å²) in [5.41, 5.74) is 1.23. The van der Waals surface area contributed by atoms with Gasteiger partial charge in [-0.05, 0) is 20.8 Å². The molecule has 0 bridgehead atoms. The molecule has 1 nitrogen and oxygen atoms in total. The van der Waals surface area contributed by atoms with Crippen molar-refractivity contribution in [2.24, 2.45) is 4.99 Å². The van der Waals surface area contributed by atoms with Crippen LogP contribution in [-0.4, -0.2) is 20.1 Å². The smallest absolute Gasteiger partial charge is 0.140 e. The molecule has 0 saturated carbocycles. The highest BCUT2D eigenvalue weighted by Crippen LogP contribution is 1.86. The molecule has 0 aliphatic rings. The molecule has 0 N–H and O–H groups in total. The minimum absolute atomic E-state index is 0.417. The molecule has 0 rings (SSSR count). The first-order valence-corrected chi connectivity index (χ1v) is 3.33. The van der Waals surface area contributed by atoms with E-state index in [2.05, 4.69) is 18.8 Å². The molecule has 2 heteroatoms. The summed E-state index contributed by atoms with van der Waals surface area (Å²) in [4.78, 5) is 4.20. The van der Waals surface area contributed by atoms with E-state index >= 15 is 0 Å². The summed E-state index contributed by atoms with van der Waals surface area (Å²) in [5.74, 6) is 0. The normalized spacial score (nSPS) is 13.6. The lowest BCUT2D eigenvalue weighted by Gasteiger charge is -1.93. The summed E-state index contributed by atoms with van der Waals surface area (Å²) in [6, 6.07) is 0.417. The van der Waals surface area contributed by atoms with Gasteiger partial charge in [-0.15, -0.1) is 0 Å². The quantitative estimate of drug-likeness (QED) is 0.383. The molecule has 0 aliphatic heterocycles. The highest BCUT2D eigenvalue weighted by atomic mass is 14.7. The summed E-state index contributed by atoms with van der Waals surface area (Å²) in [6.45, 7) is 6.15. The van der Waals surface area contributed by atoms with Gasteiger partial charge in [0.2, 0.25) is 0 Å². The number of aliphatic imine (C=N–C) groups is 1. The van der Waals surface area contributed by atoms with E-state index in [0.717, 1.165) is 0 Å². The van der Waals surface area contributed by atoms with Crippen LogP contribution in [0.15, 0.2) is 16.5 Å². The van der Waals surface area contributed by atoms with Crippen LogP contribution in [0.5, 0.6) is 0 Å². The van der Waals surface area contributed by atoms with Crippen LogP contribution >= 0.6 is 0 Å². The van der Waals surface area contributed by atoms with E-state index in [1.807, 2.05) is 27.1 Å². The van der Waals surface area contributed by atoms with Crippen molar-refractivity contribution < 1.29 is 0 Å². The van der Waals surface area contributed by atoms with Gasteiger partial charge in [0.1, 0.15) is 7.85 Å². The van der Waals surface area contributed by atoms with Crippen LogP contribution in [-0.2, 0) is 0 Å². The van der Waals surface area contributed by atoms with Gasteiger partial charge in [0.05, 0.1) is 0 Å². The fourth-order valence-corrected chi connectivity index (χ4v) is 0.341. The van der Waals surface area contributed by atoms with Gasteiger partial charge in [-0.2, -0.15) is 0 Å². The fourth-order valence-electron chi connectivity index (χ4n) is 0.341. The van der Waals surface area contributed by atoms with Crippen molar-refractivity contribution in [2.75, 3.05) is 0 Å². The Morgan fingerprint density at radius 1 is 1.56 bits per heavy atom. The number of hydrogen-bond acceptors (Lipinski definition) is 1. The maximum Gasteiger partial charge on any atom is 0.140 e. The van der Waals surface area contributed by atoms with Gasteiger partial charge in [-0.1, -0.05) is 11.5 Å². The molecule has 0 amide bonds. The first-order valence-electron chi connectivity index (χ1n) is 3.33. The molecule has 0 aromatic carbocycles. The van der Waals surface area contributed by atoms with E-state index in [9.17, 15) is 0 Å². The Morgan fingerprint density at radius 3 is 2.44 bits per heavy atom. The van der Waals surface area contributed by atoms with Gasteiger partial charge in [0.25, 0.3) is 0 Å². The van der Waals surface area contributed by atoms with Crippen LogP contribution in [0.1, 0.15) is 20.8 Å². The lowest BCUT2D eigenvalue weighted by Crippen LogP contribution is -1.90. The highest BCUT2D eigenvalue weighted by molar-refractivity contribution is 6.32. The van der Waals surface area contributed by atoms with Crippen LogP contribution in [0.4, 0.5) is 0 Å². The van der Waals surface area contributed by atoms with Gasteiger partial charge in [-0.3, -0.25) is 4.99 Å². The van der Waals surface area contributed by atoms with Crippen LogP contribution in [0.2, 0.25) is 0 Å². The Kier molecular flexibility index (Phi) is 4.11. The second-order valence-electron chi connectivity index (χ2n) is 2.40. The van der Waals surface area contributed by atoms with Crippen molar-refractivity contribution in [1.82, 2.24) is 0 Å². The first kappa shape index (κ1) is 8.47. The number of allylic oxidation sites excluding steroid dienone is 2. The van der Waals surface area contributed by atoms with Gasteiger partial charge in [0, 0.05) is 12.3 Å². The van der Waals surface area contributed by atoms with E-state index in [1.165, 1.54) is 5.47 Å². The molecular formula is C7H14BN. The summed E-state index contributed by atoms with van der Waals surface area (Å²) >= 11 is 0. The zero-order valence-corrected chi connectivity index (χ0v) is 6.68. The Hall–Kier alpha value is -0.525. The summed E-state index contributed by atoms with van der Waals surface area (Å²) in [7, 11) is 2.05. The van der Waals surface area contributed by atoms with Crippen LogP contribution < -0.4 is 0 Å². The Morgan fingerprint density at radius 2 is 2.11 bits per heavy atom. The Bertz CT molecular complexity index is 125. The maximum absolute atomic E-state index is 4.20. The predicted molar refractivity (Wildman–Crippen MR) is 45.9 cm³/mol. The number of rotatable bonds is 2. The van der Waals surface area contributed by atoms with Crippen molar-refractivity contribution >= 4 is 14.1 Å². The third-order valence-electron chi connectivity index (χ3n) is 1.03. The highest BCUT2D eigenvalue weighted by Gasteiger charge is 1.82. The van der Waals surface area contributed by atoms with Crippen molar-refractivity contribution in [3.8, 4) is 0 Å². The van der Waals surface area contributed by atoms with E-state index in [0.29, 0.717) is 6.04 Å². The van der Waals surface area contributed by atoms with Crippen molar-refractivity contribution in [1.29, 1.82) is 0 Å². The molecule has 0 saturated heterocycles. The fraction of sp³-hybridized carbons (Fsp3) is 0.571. The molecule has 0 aromatic heterocycles. The third kappa shape index (κ3) is 5.34. The molecule has 0 unspecified atom stereocenters. The monoisotopic (exact) mass is 123 g/mol. The zero-order valence-electron chi connectivity index (χ0n) is 6.68. The van der Waals surface area contributed by atoms with Crippen molar-refractivity contribution in [3.05, 3.63) is 11.5 Å². The maximum atomic E-state index is 4.20. The summed E-state index contributed by atoms with van der Waals surface area (Å²) < 4.78 is 0. The summed E-state index contributed by atoms with van der Waals surface area (Å²) in [6.07, 6.45) is 3.95. The topological polar surface area (TPSA) is 12.4 Å². The number of nitrogens with zero attached hydrogens (tertiary/aromatic N) is 1. The molecule has 50 valence electrons. The average molecular weight is 123 g/mol. The molecule has 0 fully saturated rings. The second kappa shape index (κ2) is 4.36. The van der Waals surface area contributed by atoms with Gasteiger partial charge >= 0.3 is 0 Å². The van der Waals surface area contributed by atoms with Crippen molar-refractivity contribution in [2.45, 2.75) is 26.8 Å². The molecular weight excluding hydrogens is 109 g/mol. The lowest BCUT2D eigenvalue weighted by atomic mass is 9.97. The van der Waals surface area contributed by atoms with Crippen LogP contribution in [0, 0.1) is 0 Å². The van der Waals surface area contributed by atoms with E-state index in [4.69, 9.17) is 0 Å². The molecule has 0 heterocycles. The largest absolute Gasteiger partial charge is 0.291 e. The predicted octanol–water partition coefficient (Wildman–Crippen LogP) is 1.00. The van der Waals surface area contributed by atoms with Gasteiger partial charge in [0.15, 0.2) is 0 Å². The molecule has 0 atom stereocenters. The van der Waals surface area contributed by atoms with Gasteiger partial charge in [-0.25, -0.2) is 0 Å². The van der Waals surface area contributed by atoms with E-state index in [-0.39, 0.29) is 0 Å². The van der Waals surface area contributed by atoms with Crippen molar-refractivity contribution in [3.63, 3.8) is 0 Å². The van der Waals surface area contributed by atoms with Crippen LogP contribution in [0.25, 0.3) is 0 Å². The molecule has 9 heavy (non-hydrogen) atoms. The zero-order chi connectivity index (χ0) is 7.28. The second-order valence-corrected chi connectivity index (χ2v) is 2.40. The average Bonchev–Trinajstić information content (AvgIpc) is 1.83. The minimum atomic E-state index is 0.417. The summed E-state index contributed by atoms with van der Waals surface area (Å²) in [5, 5.41) is 0. The van der Waals surface area contributed by atoms with Crippen LogP contribution in [0.3, 0.4) is 0 Å². The Balaban J connectivity index is 3.71. The lowest BCUT2D eigenvalue weighted by molar-refractivity contribution is 0.841.